The number of benzene rings is 4. The van der Waals surface area contributed by atoms with Crippen molar-refractivity contribution < 1.29 is 4.74 Å². The third kappa shape index (κ3) is 2.14. The molecular weight excluding hydrogens is 377 g/mol. The predicted octanol–water partition coefficient (Wildman–Crippen LogP) is 5.02. The standard InChI is InChI=1S/C28H22BNO/c1-28(2,3)17-15-23-26-25(16-17)31-24-14-7-5-11-20(24)29(26)21-12-8-10-19-18-9-4-6-13-22(18)30(23)27(19)21/h4-16H,1-3H3. The van der Waals surface area contributed by atoms with Gasteiger partial charge in [0, 0.05) is 22.0 Å². The summed E-state index contributed by atoms with van der Waals surface area (Å²) in [6.45, 7) is 7.01. The van der Waals surface area contributed by atoms with Crippen molar-refractivity contribution in [3.05, 3.63) is 84.4 Å². The Balaban J connectivity index is 1.73. The SMILES string of the molecule is CC(C)(C)c1cc2c3c(c1)-n1c4ccccc4c4cccc(c41)B3c1ccccc1O2. The van der Waals surface area contributed by atoms with Gasteiger partial charge in [-0.1, -0.05) is 75.4 Å². The minimum atomic E-state index is 0.0282. The third-order valence-corrected chi connectivity index (χ3v) is 7.00. The van der Waals surface area contributed by atoms with Gasteiger partial charge in [0.25, 0.3) is 6.71 Å². The summed E-state index contributed by atoms with van der Waals surface area (Å²) >= 11 is 0. The van der Waals surface area contributed by atoms with Crippen molar-refractivity contribution in [2.75, 3.05) is 0 Å². The van der Waals surface area contributed by atoms with Crippen LogP contribution >= 0.6 is 0 Å². The van der Waals surface area contributed by atoms with E-state index < -0.39 is 0 Å². The number of para-hydroxylation sites is 3. The molecule has 0 saturated carbocycles. The second kappa shape index (κ2) is 5.61. The van der Waals surface area contributed by atoms with Crippen LogP contribution in [0.4, 0.5) is 0 Å². The van der Waals surface area contributed by atoms with Gasteiger partial charge in [-0.05, 0) is 51.6 Å². The molecule has 0 radical (unpaired) electrons. The molecule has 7 rings (SSSR count). The van der Waals surface area contributed by atoms with Crippen molar-refractivity contribution in [3.63, 3.8) is 0 Å². The maximum atomic E-state index is 6.55. The highest BCUT2D eigenvalue weighted by molar-refractivity contribution is 6.99. The molecule has 5 aromatic rings. The Hall–Kier alpha value is -3.46. The number of hydrogen-bond acceptors (Lipinski definition) is 1. The quantitative estimate of drug-likeness (QED) is 0.327. The van der Waals surface area contributed by atoms with Gasteiger partial charge in [0.15, 0.2) is 0 Å². The maximum Gasteiger partial charge on any atom is 0.256 e. The molecule has 148 valence electrons. The smallest absolute Gasteiger partial charge is 0.256 e. The van der Waals surface area contributed by atoms with Gasteiger partial charge in [0.2, 0.25) is 0 Å². The number of fused-ring (bicyclic) bond motifs is 7. The summed E-state index contributed by atoms with van der Waals surface area (Å²) in [5.41, 5.74) is 9.07. The Bertz CT molecular complexity index is 1550. The molecule has 4 aromatic carbocycles. The van der Waals surface area contributed by atoms with Crippen molar-refractivity contribution in [1.82, 2.24) is 4.57 Å². The van der Waals surface area contributed by atoms with E-state index in [1.165, 1.54) is 49.4 Å². The summed E-state index contributed by atoms with van der Waals surface area (Å²) in [4.78, 5) is 0. The summed E-state index contributed by atoms with van der Waals surface area (Å²) in [7, 11) is 0. The van der Waals surface area contributed by atoms with Crippen LogP contribution in [0.1, 0.15) is 26.3 Å². The second-order valence-electron chi connectivity index (χ2n) is 9.83. The van der Waals surface area contributed by atoms with Crippen molar-refractivity contribution in [2.45, 2.75) is 26.2 Å². The van der Waals surface area contributed by atoms with Crippen LogP contribution in [0.25, 0.3) is 27.5 Å². The predicted molar refractivity (Wildman–Crippen MR) is 131 cm³/mol. The average molecular weight is 399 g/mol. The minimum absolute atomic E-state index is 0.0282. The average Bonchev–Trinajstić information content (AvgIpc) is 3.11. The summed E-state index contributed by atoms with van der Waals surface area (Å²) < 4.78 is 9.02. The first-order valence-electron chi connectivity index (χ1n) is 11.0. The molecule has 0 amide bonds. The Labute approximate surface area is 182 Å². The highest BCUT2D eigenvalue weighted by Crippen LogP contribution is 2.39. The Kier molecular flexibility index (Phi) is 3.12. The van der Waals surface area contributed by atoms with Gasteiger partial charge in [0.05, 0.1) is 5.52 Å². The Morgan fingerprint density at radius 2 is 1.48 bits per heavy atom. The molecule has 2 aliphatic rings. The van der Waals surface area contributed by atoms with Gasteiger partial charge in [-0.25, -0.2) is 0 Å². The molecule has 2 aliphatic heterocycles. The normalized spacial score (nSPS) is 13.8. The lowest BCUT2D eigenvalue weighted by Gasteiger charge is -2.35. The van der Waals surface area contributed by atoms with Gasteiger partial charge in [-0.15, -0.1) is 0 Å². The van der Waals surface area contributed by atoms with E-state index in [9.17, 15) is 0 Å². The van der Waals surface area contributed by atoms with E-state index in [1.54, 1.807) is 0 Å². The number of nitrogens with zero attached hydrogens (tertiary/aromatic N) is 1. The van der Waals surface area contributed by atoms with Crippen LogP contribution in [0.2, 0.25) is 0 Å². The zero-order chi connectivity index (χ0) is 20.9. The highest BCUT2D eigenvalue weighted by atomic mass is 16.5. The third-order valence-electron chi connectivity index (χ3n) is 7.00. The number of ether oxygens (including phenoxy) is 1. The van der Waals surface area contributed by atoms with Gasteiger partial charge >= 0.3 is 0 Å². The van der Waals surface area contributed by atoms with E-state index in [1.807, 2.05) is 0 Å². The molecule has 0 fully saturated rings. The molecule has 0 spiro atoms. The second-order valence-corrected chi connectivity index (χ2v) is 9.83. The fourth-order valence-electron chi connectivity index (χ4n) is 5.54. The van der Waals surface area contributed by atoms with Crippen LogP contribution in [-0.4, -0.2) is 11.3 Å². The van der Waals surface area contributed by atoms with Crippen LogP contribution in [0, 0.1) is 0 Å². The molecule has 0 bridgehead atoms. The van der Waals surface area contributed by atoms with Crippen LogP contribution in [-0.2, 0) is 5.41 Å². The summed E-state index contributed by atoms with van der Waals surface area (Å²) in [6, 6.07) is 28.7. The Morgan fingerprint density at radius 1 is 0.742 bits per heavy atom. The van der Waals surface area contributed by atoms with Gasteiger partial charge in [-0.3, -0.25) is 0 Å². The van der Waals surface area contributed by atoms with Gasteiger partial charge in [-0.2, -0.15) is 0 Å². The maximum absolute atomic E-state index is 6.55. The molecule has 3 heteroatoms. The van der Waals surface area contributed by atoms with E-state index in [-0.39, 0.29) is 12.1 Å². The van der Waals surface area contributed by atoms with Gasteiger partial charge in [0.1, 0.15) is 11.5 Å². The van der Waals surface area contributed by atoms with Crippen LogP contribution < -0.4 is 21.1 Å². The first-order chi connectivity index (χ1) is 15.0. The molecule has 0 aliphatic carbocycles. The molecule has 31 heavy (non-hydrogen) atoms. The largest absolute Gasteiger partial charge is 0.458 e. The van der Waals surface area contributed by atoms with E-state index in [4.69, 9.17) is 4.74 Å². The molecule has 0 saturated heterocycles. The number of aromatic nitrogens is 1. The zero-order valence-electron chi connectivity index (χ0n) is 17.9. The monoisotopic (exact) mass is 399 g/mol. The molecule has 0 N–H and O–H groups in total. The lowest BCUT2D eigenvalue weighted by atomic mass is 9.34. The number of rotatable bonds is 0. The van der Waals surface area contributed by atoms with Crippen molar-refractivity contribution in [1.29, 1.82) is 0 Å². The molecule has 0 unspecified atom stereocenters. The molecular formula is C28H22BNO. The van der Waals surface area contributed by atoms with E-state index in [2.05, 4.69) is 104 Å². The molecule has 1 aromatic heterocycles. The molecule has 3 heterocycles. The van der Waals surface area contributed by atoms with Crippen LogP contribution in [0.15, 0.2) is 78.9 Å². The van der Waals surface area contributed by atoms with E-state index in [0.29, 0.717) is 0 Å². The van der Waals surface area contributed by atoms with Crippen molar-refractivity contribution in [2.24, 2.45) is 0 Å². The van der Waals surface area contributed by atoms with Crippen molar-refractivity contribution >= 4 is 44.9 Å². The highest BCUT2D eigenvalue weighted by Gasteiger charge is 2.40. The first kappa shape index (κ1) is 17.2. The lowest BCUT2D eigenvalue weighted by Crippen LogP contribution is -2.58. The molecule has 0 atom stereocenters. The summed E-state index contributed by atoms with van der Waals surface area (Å²) in [6.07, 6.45) is 0. The Morgan fingerprint density at radius 3 is 2.35 bits per heavy atom. The zero-order valence-corrected chi connectivity index (χ0v) is 17.9. The summed E-state index contributed by atoms with van der Waals surface area (Å²) in [5.74, 6) is 1.96. The fraction of sp³-hybridized carbons (Fsp3) is 0.143. The minimum Gasteiger partial charge on any atom is -0.458 e. The van der Waals surface area contributed by atoms with E-state index >= 15 is 0 Å². The fourth-order valence-corrected chi connectivity index (χ4v) is 5.54. The van der Waals surface area contributed by atoms with Gasteiger partial charge < -0.3 is 9.30 Å². The lowest BCUT2D eigenvalue weighted by molar-refractivity contribution is 0.483. The number of hydrogen-bond donors (Lipinski definition) is 0. The van der Waals surface area contributed by atoms with Crippen LogP contribution in [0.5, 0.6) is 11.5 Å². The van der Waals surface area contributed by atoms with Crippen LogP contribution in [0.3, 0.4) is 0 Å². The molecule has 2 nitrogen and oxygen atoms in total. The topological polar surface area (TPSA) is 14.2 Å². The van der Waals surface area contributed by atoms with Crippen molar-refractivity contribution in [3.8, 4) is 17.2 Å². The first-order valence-corrected chi connectivity index (χ1v) is 11.0. The van der Waals surface area contributed by atoms with E-state index in [0.717, 1.165) is 11.5 Å². The summed E-state index contributed by atoms with van der Waals surface area (Å²) in [5, 5.41) is 2.63.